The van der Waals surface area contributed by atoms with Gasteiger partial charge in [0, 0.05) is 22.0 Å². The fourth-order valence-corrected chi connectivity index (χ4v) is 4.84. The molecule has 2 unspecified atom stereocenters. The summed E-state index contributed by atoms with van der Waals surface area (Å²) in [5.41, 5.74) is 2.19. The number of nitrogens with one attached hydrogen (secondary N) is 1. The Kier molecular flexibility index (Phi) is 3.18. The lowest BCUT2D eigenvalue weighted by atomic mass is 10.0. The van der Waals surface area contributed by atoms with Crippen LogP contribution in [0, 0.1) is 0 Å². The molecule has 0 aromatic heterocycles. The number of halogens is 1. The Morgan fingerprint density at radius 2 is 1.96 bits per heavy atom. The van der Waals surface area contributed by atoms with Crippen LogP contribution >= 0.6 is 23.4 Å². The minimum absolute atomic E-state index is 0.0934. The van der Waals surface area contributed by atoms with E-state index in [1.165, 1.54) is 11.8 Å². The van der Waals surface area contributed by atoms with E-state index in [4.69, 9.17) is 11.6 Å². The lowest BCUT2D eigenvalue weighted by Gasteiger charge is -2.32. The molecule has 23 heavy (non-hydrogen) atoms. The predicted octanol–water partition coefficient (Wildman–Crippen LogP) is 3.61. The van der Waals surface area contributed by atoms with Crippen molar-refractivity contribution in [2.24, 2.45) is 0 Å². The molecule has 2 aliphatic heterocycles. The molecule has 0 bridgehead atoms. The number of nitrogens with zero attached hydrogens (tertiary/aromatic N) is 1. The third-order valence-electron chi connectivity index (χ3n) is 4.14. The number of carbonyl (C=O) groups excluding carboxylic acids is 2. The molecule has 116 valence electrons. The molecule has 2 aromatic rings. The molecule has 0 radical (unpaired) electrons. The fraction of sp³-hybridized carbons (Fsp3) is 0.176. The summed E-state index contributed by atoms with van der Waals surface area (Å²) in [7, 11) is 0. The normalized spacial score (nSPS) is 25.8. The van der Waals surface area contributed by atoms with Gasteiger partial charge in [0.2, 0.25) is 10.8 Å². The van der Waals surface area contributed by atoms with Gasteiger partial charge in [0.05, 0.1) is 5.25 Å². The standard InChI is InChI=1S/C17H13ClN2O2S/c1-10-15(21)20(12-6-4-5-11(18)9-12)17(23-10)13-7-2-3-8-14(13)19-16(17)22/h2-10H,1H3,(H,19,22). The number of amides is 2. The first-order chi connectivity index (χ1) is 11.0. The fourth-order valence-electron chi connectivity index (χ4n) is 3.18. The van der Waals surface area contributed by atoms with Gasteiger partial charge >= 0.3 is 0 Å². The van der Waals surface area contributed by atoms with E-state index in [9.17, 15) is 9.59 Å². The minimum atomic E-state index is -1.07. The van der Waals surface area contributed by atoms with Crippen LogP contribution in [0.5, 0.6) is 0 Å². The number of hydrogen-bond donors (Lipinski definition) is 1. The molecular formula is C17H13ClN2O2S. The van der Waals surface area contributed by atoms with Gasteiger partial charge in [-0.25, -0.2) is 0 Å². The topological polar surface area (TPSA) is 49.4 Å². The van der Waals surface area contributed by atoms with Gasteiger partial charge in [0.25, 0.3) is 5.91 Å². The Morgan fingerprint density at radius 1 is 1.17 bits per heavy atom. The number of benzene rings is 2. The Hall–Kier alpha value is -1.98. The molecule has 2 amide bonds. The van der Waals surface area contributed by atoms with Crippen molar-refractivity contribution in [3.8, 4) is 0 Å². The summed E-state index contributed by atoms with van der Waals surface area (Å²) in [6.45, 7) is 1.83. The number of thioether (sulfide) groups is 1. The first-order valence-electron chi connectivity index (χ1n) is 7.22. The zero-order valence-electron chi connectivity index (χ0n) is 12.2. The zero-order valence-corrected chi connectivity index (χ0v) is 13.8. The molecule has 0 saturated carbocycles. The quantitative estimate of drug-likeness (QED) is 0.859. The van der Waals surface area contributed by atoms with Gasteiger partial charge in [-0.3, -0.25) is 14.5 Å². The summed E-state index contributed by atoms with van der Waals surface area (Å²) in [5.74, 6) is -0.287. The van der Waals surface area contributed by atoms with Crippen molar-refractivity contribution >= 4 is 46.6 Å². The van der Waals surface area contributed by atoms with Gasteiger partial charge < -0.3 is 5.32 Å². The Balaban J connectivity index is 1.96. The monoisotopic (exact) mass is 344 g/mol. The Bertz CT molecular complexity index is 841. The highest BCUT2D eigenvalue weighted by Crippen LogP contribution is 2.56. The van der Waals surface area contributed by atoms with E-state index in [1.54, 1.807) is 29.2 Å². The van der Waals surface area contributed by atoms with E-state index in [2.05, 4.69) is 5.32 Å². The number of para-hydroxylation sites is 1. The molecule has 4 nitrogen and oxygen atoms in total. The minimum Gasteiger partial charge on any atom is -0.323 e. The van der Waals surface area contributed by atoms with Crippen LogP contribution in [0.3, 0.4) is 0 Å². The van der Waals surface area contributed by atoms with Gasteiger partial charge in [0.1, 0.15) is 0 Å². The average Bonchev–Trinajstić information content (AvgIpc) is 2.95. The molecule has 2 heterocycles. The number of anilines is 2. The second-order valence-corrected chi connectivity index (χ2v) is 7.53. The lowest BCUT2D eigenvalue weighted by molar-refractivity contribution is -0.122. The maximum Gasteiger partial charge on any atom is 0.266 e. The van der Waals surface area contributed by atoms with Crippen LogP contribution in [-0.2, 0) is 14.5 Å². The predicted molar refractivity (Wildman–Crippen MR) is 92.7 cm³/mol. The molecule has 1 N–H and O–H groups in total. The molecular weight excluding hydrogens is 332 g/mol. The summed E-state index contributed by atoms with van der Waals surface area (Å²) in [6, 6.07) is 14.5. The SMILES string of the molecule is CC1SC2(C(=O)Nc3ccccc32)N(c2cccc(Cl)c2)C1=O. The van der Waals surface area contributed by atoms with Crippen molar-refractivity contribution in [1.29, 1.82) is 0 Å². The van der Waals surface area contributed by atoms with E-state index < -0.39 is 4.87 Å². The maximum atomic E-state index is 12.9. The first kappa shape index (κ1) is 14.6. The van der Waals surface area contributed by atoms with Crippen molar-refractivity contribution < 1.29 is 9.59 Å². The van der Waals surface area contributed by atoms with Crippen LogP contribution in [-0.4, -0.2) is 17.1 Å². The molecule has 0 aliphatic carbocycles. The van der Waals surface area contributed by atoms with E-state index >= 15 is 0 Å². The Morgan fingerprint density at radius 3 is 2.74 bits per heavy atom. The molecule has 2 aliphatic rings. The van der Waals surface area contributed by atoms with Crippen LogP contribution in [0.15, 0.2) is 48.5 Å². The third kappa shape index (κ3) is 1.93. The van der Waals surface area contributed by atoms with Crippen LogP contribution in [0.2, 0.25) is 5.02 Å². The maximum absolute atomic E-state index is 12.9. The second-order valence-electron chi connectivity index (χ2n) is 5.56. The summed E-state index contributed by atoms with van der Waals surface area (Å²) in [4.78, 5) is 26.2. The van der Waals surface area contributed by atoms with Gasteiger partial charge in [-0.2, -0.15) is 0 Å². The van der Waals surface area contributed by atoms with Crippen molar-refractivity contribution in [2.75, 3.05) is 10.2 Å². The largest absolute Gasteiger partial charge is 0.323 e. The first-order valence-corrected chi connectivity index (χ1v) is 8.48. The van der Waals surface area contributed by atoms with Crippen molar-refractivity contribution in [3.63, 3.8) is 0 Å². The van der Waals surface area contributed by atoms with E-state index in [-0.39, 0.29) is 17.1 Å². The summed E-state index contributed by atoms with van der Waals surface area (Å²) >= 11 is 7.46. The van der Waals surface area contributed by atoms with Crippen LogP contribution in [0.25, 0.3) is 0 Å². The van der Waals surface area contributed by atoms with Crippen molar-refractivity contribution in [3.05, 3.63) is 59.1 Å². The van der Waals surface area contributed by atoms with E-state index in [0.29, 0.717) is 10.7 Å². The van der Waals surface area contributed by atoms with Crippen LogP contribution < -0.4 is 10.2 Å². The van der Waals surface area contributed by atoms with Gasteiger partial charge in [-0.15, -0.1) is 11.8 Å². The number of carbonyl (C=O) groups is 2. The smallest absolute Gasteiger partial charge is 0.266 e. The molecule has 1 fully saturated rings. The zero-order chi connectivity index (χ0) is 16.2. The molecule has 1 saturated heterocycles. The van der Waals surface area contributed by atoms with E-state index in [0.717, 1.165) is 11.3 Å². The van der Waals surface area contributed by atoms with E-state index in [1.807, 2.05) is 31.2 Å². The lowest BCUT2D eigenvalue weighted by Crippen LogP contribution is -2.47. The highest BCUT2D eigenvalue weighted by molar-refractivity contribution is 8.03. The molecule has 4 rings (SSSR count). The highest BCUT2D eigenvalue weighted by atomic mass is 35.5. The number of rotatable bonds is 1. The average molecular weight is 345 g/mol. The molecule has 1 spiro atoms. The molecule has 2 atom stereocenters. The second kappa shape index (κ2) is 5.01. The van der Waals surface area contributed by atoms with Gasteiger partial charge in [-0.1, -0.05) is 35.9 Å². The number of fused-ring (bicyclic) bond motifs is 2. The van der Waals surface area contributed by atoms with Gasteiger partial charge in [0.15, 0.2) is 0 Å². The summed E-state index contributed by atoms with van der Waals surface area (Å²) < 4.78 is 0. The molecule has 6 heteroatoms. The van der Waals surface area contributed by atoms with Crippen LogP contribution in [0.1, 0.15) is 12.5 Å². The third-order valence-corrected chi connectivity index (χ3v) is 5.86. The van der Waals surface area contributed by atoms with Crippen molar-refractivity contribution in [1.82, 2.24) is 0 Å². The van der Waals surface area contributed by atoms with Crippen molar-refractivity contribution in [2.45, 2.75) is 17.0 Å². The Labute approximate surface area is 142 Å². The molecule has 2 aromatic carbocycles. The summed E-state index contributed by atoms with van der Waals surface area (Å²) in [5, 5.41) is 3.11. The number of hydrogen-bond acceptors (Lipinski definition) is 3. The van der Waals surface area contributed by atoms with Crippen LogP contribution in [0.4, 0.5) is 11.4 Å². The van der Waals surface area contributed by atoms with Gasteiger partial charge in [-0.05, 0) is 31.2 Å². The highest BCUT2D eigenvalue weighted by Gasteiger charge is 2.60. The summed E-state index contributed by atoms with van der Waals surface area (Å²) in [6.07, 6.45) is 0.